The number of nitrogens with one attached hydrogen (secondary N) is 1. The number of hydrogen-bond acceptors (Lipinski definition) is 5. The second-order valence-electron chi connectivity index (χ2n) is 4.61. The average molecular weight is 282 g/mol. The predicted molar refractivity (Wildman–Crippen MR) is 78.7 cm³/mol. The third kappa shape index (κ3) is 6.32. The predicted octanol–water partition coefficient (Wildman–Crippen LogP) is 2.36. The minimum Gasteiger partial charge on any atom is -0.475 e. The molecule has 1 heterocycles. The van der Waals surface area contributed by atoms with Crippen molar-refractivity contribution in [2.75, 3.05) is 19.8 Å². The van der Waals surface area contributed by atoms with Crippen LogP contribution in [0.2, 0.25) is 0 Å². The number of rotatable bonds is 10. The molecule has 5 nitrogen and oxygen atoms in total. The topological polar surface area (TPSA) is 52.6 Å². The average Bonchev–Trinajstić information content (AvgIpc) is 2.40. The molecule has 0 amide bonds. The van der Waals surface area contributed by atoms with Gasteiger partial charge in [0.2, 0.25) is 5.88 Å². The molecule has 0 aromatic carbocycles. The maximum Gasteiger partial charge on any atom is 0.218 e. The molecule has 114 valence electrons. The summed E-state index contributed by atoms with van der Waals surface area (Å²) in [5.74, 6) is 0.680. The van der Waals surface area contributed by atoms with E-state index in [1.807, 2.05) is 39.8 Å². The summed E-state index contributed by atoms with van der Waals surface area (Å²) in [6.07, 6.45) is 1.64. The number of pyridine rings is 1. The number of nitrogens with zero attached hydrogens (tertiary/aromatic N) is 1. The van der Waals surface area contributed by atoms with Crippen molar-refractivity contribution in [2.45, 2.75) is 46.6 Å². The Kier molecular flexibility index (Phi) is 8.18. The second-order valence-corrected chi connectivity index (χ2v) is 4.61. The first-order valence-electron chi connectivity index (χ1n) is 7.21. The van der Waals surface area contributed by atoms with Gasteiger partial charge in [0.1, 0.15) is 0 Å². The van der Waals surface area contributed by atoms with Gasteiger partial charge >= 0.3 is 0 Å². The summed E-state index contributed by atoms with van der Waals surface area (Å²) in [5.41, 5.74) is 1.04. The number of ether oxygens (including phenoxy) is 3. The van der Waals surface area contributed by atoms with Crippen molar-refractivity contribution >= 4 is 0 Å². The molecule has 20 heavy (non-hydrogen) atoms. The van der Waals surface area contributed by atoms with Crippen LogP contribution >= 0.6 is 0 Å². The molecule has 0 unspecified atom stereocenters. The number of aromatic nitrogens is 1. The fraction of sp³-hybridized carbons (Fsp3) is 0.667. The third-order valence-corrected chi connectivity index (χ3v) is 2.53. The first kappa shape index (κ1) is 16.9. The van der Waals surface area contributed by atoms with Crippen molar-refractivity contribution < 1.29 is 14.2 Å². The maximum atomic E-state index is 5.68. The van der Waals surface area contributed by atoms with E-state index < -0.39 is 0 Å². The molecule has 1 aromatic heterocycles. The van der Waals surface area contributed by atoms with E-state index in [1.54, 1.807) is 6.20 Å². The molecular weight excluding hydrogens is 256 g/mol. The van der Waals surface area contributed by atoms with Crippen LogP contribution in [-0.4, -0.2) is 37.1 Å². The highest BCUT2D eigenvalue weighted by Crippen LogP contribution is 2.15. The molecular formula is C15H26N2O3. The van der Waals surface area contributed by atoms with E-state index in [0.717, 1.165) is 5.56 Å². The van der Waals surface area contributed by atoms with Gasteiger partial charge in [0.15, 0.2) is 6.29 Å². The highest BCUT2D eigenvalue weighted by Gasteiger charge is 2.09. The highest BCUT2D eigenvalue weighted by atomic mass is 16.7. The van der Waals surface area contributed by atoms with E-state index in [1.165, 1.54) is 0 Å². The summed E-state index contributed by atoms with van der Waals surface area (Å²) in [6, 6.07) is 3.92. The molecule has 0 aliphatic carbocycles. The Bertz CT molecular complexity index is 366. The number of hydrogen-bond donors (Lipinski definition) is 1. The largest absolute Gasteiger partial charge is 0.475 e. The lowest BCUT2D eigenvalue weighted by molar-refractivity contribution is -0.133. The van der Waals surface area contributed by atoms with Crippen molar-refractivity contribution in [1.29, 1.82) is 0 Å². The Morgan fingerprint density at radius 1 is 1.20 bits per heavy atom. The van der Waals surface area contributed by atoms with Gasteiger partial charge in [-0.05, 0) is 33.8 Å². The van der Waals surface area contributed by atoms with Crippen LogP contribution in [0.4, 0.5) is 0 Å². The van der Waals surface area contributed by atoms with Crippen LogP contribution in [0, 0.1) is 0 Å². The van der Waals surface area contributed by atoms with Crippen LogP contribution < -0.4 is 10.1 Å². The molecule has 0 radical (unpaired) electrons. The quantitative estimate of drug-likeness (QED) is 0.668. The summed E-state index contributed by atoms with van der Waals surface area (Å²) < 4.78 is 16.7. The standard InChI is InChI=1S/C15H26N2O3/c1-5-18-14(19-6-2)11-16-10-13-8-7-9-17-15(13)20-12(3)4/h7-9,12,14,16H,5-6,10-11H2,1-4H3. The maximum absolute atomic E-state index is 5.68. The lowest BCUT2D eigenvalue weighted by atomic mass is 10.2. The van der Waals surface area contributed by atoms with Gasteiger partial charge in [-0.3, -0.25) is 0 Å². The van der Waals surface area contributed by atoms with Crippen LogP contribution in [0.3, 0.4) is 0 Å². The van der Waals surface area contributed by atoms with Gasteiger partial charge in [0.05, 0.1) is 6.10 Å². The van der Waals surface area contributed by atoms with E-state index in [2.05, 4.69) is 10.3 Å². The van der Waals surface area contributed by atoms with Crippen LogP contribution in [0.5, 0.6) is 5.88 Å². The van der Waals surface area contributed by atoms with Crippen LogP contribution in [0.15, 0.2) is 18.3 Å². The fourth-order valence-corrected chi connectivity index (χ4v) is 1.75. The molecule has 5 heteroatoms. The van der Waals surface area contributed by atoms with E-state index >= 15 is 0 Å². The molecule has 0 saturated carbocycles. The van der Waals surface area contributed by atoms with E-state index in [-0.39, 0.29) is 12.4 Å². The van der Waals surface area contributed by atoms with Gasteiger partial charge < -0.3 is 19.5 Å². The van der Waals surface area contributed by atoms with E-state index in [4.69, 9.17) is 14.2 Å². The normalized spacial score (nSPS) is 11.3. The second kappa shape index (κ2) is 9.69. The molecule has 0 aliphatic heterocycles. The van der Waals surface area contributed by atoms with Gasteiger partial charge in [-0.15, -0.1) is 0 Å². The summed E-state index contributed by atoms with van der Waals surface area (Å²) in [4.78, 5) is 4.26. The minimum absolute atomic E-state index is 0.114. The zero-order valence-corrected chi connectivity index (χ0v) is 12.9. The smallest absolute Gasteiger partial charge is 0.218 e. The zero-order valence-electron chi connectivity index (χ0n) is 12.9. The fourth-order valence-electron chi connectivity index (χ4n) is 1.75. The van der Waals surface area contributed by atoms with Crippen molar-refractivity contribution in [3.05, 3.63) is 23.9 Å². The molecule has 0 bridgehead atoms. The Morgan fingerprint density at radius 3 is 2.50 bits per heavy atom. The van der Waals surface area contributed by atoms with Crippen molar-refractivity contribution in [3.63, 3.8) is 0 Å². The van der Waals surface area contributed by atoms with Crippen LogP contribution in [0.25, 0.3) is 0 Å². The highest BCUT2D eigenvalue weighted by molar-refractivity contribution is 5.25. The third-order valence-electron chi connectivity index (χ3n) is 2.53. The van der Waals surface area contributed by atoms with Crippen LogP contribution in [-0.2, 0) is 16.0 Å². The molecule has 1 rings (SSSR count). The Morgan fingerprint density at radius 2 is 1.90 bits per heavy atom. The molecule has 0 atom stereocenters. The SMILES string of the molecule is CCOC(CNCc1cccnc1OC(C)C)OCC. The van der Waals surface area contributed by atoms with Crippen molar-refractivity contribution in [3.8, 4) is 5.88 Å². The molecule has 0 fully saturated rings. The van der Waals surface area contributed by atoms with Crippen molar-refractivity contribution in [2.24, 2.45) is 0 Å². The van der Waals surface area contributed by atoms with Gasteiger partial charge in [-0.1, -0.05) is 6.07 Å². The van der Waals surface area contributed by atoms with Crippen molar-refractivity contribution in [1.82, 2.24) is 10.3 Å². The molecule has 0 spiro atoms. The monoisotopic (exact) mass is 282 g/mol. The van der Waals surface area contributed by atoms with E-state index in [9.17, 15) is 0 Å². The van der Waals surface area contributed by atoms with Gasteiger partial charge in [-0.2, -0.15) is 0 Å². The Labute approximate surface area is 121 Å². The Hall–Kier alpha value is -1.17. The van der Waals surface area contributed by atoms with Gasteiger partial charge in [0, 0.05) is 38.1 Å². The van der Waals surface area contributed by atoms with E-state index in [0.29, 0.717) is 32.2 Å². The summed E-state index contributed by atoms with van der Waals surface area (Å²) in [6.45, 7) is 10.5. The van der Waals surface area contributed by atoms with Gasteiger partial charge in [0.25, 0.3) is 0 Å². The first-order chi connectivity index (χ1) is 9.67. The summed E-state index contributed by atoms with van der Waals surface area (Å²) in [7, 11) is 0. The Balaban J connectivity index is 2.48. The molecule has 0 saturated heterocycles. The zero-order chi connectivity index (χ0) is 14.8. The molecule has 1 aromatic rings. The summed E-state index contributed by atoms with van der Waals surface area (Å²) in [5, 5.41) is 3.32. The molecule has 1 N–H and O–H groups in total. The van der Waals surface area contributed by atoms with Crippen LogP contribution in [0.1, 0.15) is 33.3 Å². The minimum atomic E-state index is -0.212. The summed E-state index contributed by atoms with van der Waals surface area (Å²) >= 11 is 0. The lowest BCUT2D eigenvalue weighted by Gasteiger charge is -2.18. The molecule has 0 aliphatic rings. The lowest BCUT2D eigenvalue weighted by Crippen LogP contribution is -2.31. The van der Waals surface area contributed by atoms with Gasteiger partial charge in [-0.25, -0.2) is 4.98 Å². The first-order valence-corrected chi connectivity index (χ1v) is 7.21.